The highest BCUT2D eigenvalue weighted by Crippen LogP contribution is 2.25. The van der Waals surface area contributed by atoms with Crippen LogP contribution in [0.25, 0.3) is 5.95 Å². The number of nitrogens with two attached hydrogens (primary N) is 1. The molecular weight excluding hydrogens is 286 g/mol. The molecule has 0 aliphatic heterocycles. The smallest absolute Gasteiger partial charge is 0.242 e. The Kier molecular flexibility index (Phi) is 3.80. The number of benzene rings is 1. The van der Waals surface area contributed by atoms with E-state index >= 15 is 0 Å². The number of hydrogen-bond acceptors (Lipinski definition) is 7. The highest BCUT2D eigenvalue weighted by Gasteiger charge is 2.08. The number of nitrogen functional groups attached to an aromatic ring is 1. The predicted octanol–water partition coefficient (Wildman–Crippen LogP) is 1.80. The molecule has 3 aromatic rings. The van der Waals surface area contributed by atoms with Crippen molar-refractivity contribution in [2.75, 3.05) is 5.43 Å². The summed E-state index contributed by atoms with van der Waals surface area (Å²) in [6.07, 6.45) is 5.04. The maximum atomic E-state index is 5.42. The number of hydrazine groups is 1. The van der Waals surface area contributed by atoms with Gasteiger partial charge in [-0.25, -0.2) is 10.8 Å². The first kappa shape index (κ1) is 13.5. The summed E-state index contributed by atoms with van der Waals surface area (Å²) < 4.78 is 1.70. The predicted molar refractivity (Wildman–Crippen MR) is 80.1 cm³/mol. The van der Waals surface area contributed by atoms with E-state index in [1.54, 1.807) is 23.3 Å². The van der Waals surface area contributed by atoms with E-state index in [0.29, 0.717) is 17.1 Å². The average molecular weight is 299 g/mol. The normalized spacial score (nSPS) is 10.6. The molecule has 0 radical (unpaired) electrons. The quantitative estimate of drug-likeness (QED) is 0.560. The molecular formula is C13H13N7S. The van der Waals surface area contributed by atoms with Gasteiger partial charge in [-0.3, -0.25) is 9.99 Å². The topological polar surface area (TPSA) is 94.5 Å². The van der Waals surface area contributed by atoms with Crippen LogP contribution in [0.2, 0.25) is 0 Å². The lowest BCUT2D eigenvalue weighted by molar-refractivity contribution is 0.824. The van der Waals surface area contributed by atoms with E-state index in [4.69, 9.17) is 5.84 Å². The minimum Gasteiger partial charge on any atom is -0.292 e. The third-order valence-electron chi connectivity index (χ3n) is 2.70. The first-order valence-electron chi connectivity index (χ1n) is 6.20. The van der Waals surface area contributed by atoms with Gasteiger partial charge in [0.2, 0.25) is 11.9 Å². The molecule has 0 bridgehead atoms. The minimum atomic E-state index is 0.309. The molecule has 0 spiro atoms. The lowest BCUT2D eigenvalue weighted by Crippen LogP contribution is -2.13. The second kappa shape index (κ2) is 5.90. The summed E-state index contributed by atoms with van der Waals surface area (Å²) in [4.78, 5) is 17.9. The molecule has 7 nitrogen and oxygen atoms in total. The molecule has 106 valence electrons. The fourth-order valence-corrected chi connectivity index (χ4v) is 2.40. The van der Waals surface area contributed by atoms with Crippen molar-refractivity contribution >= 4 is 17.7 Å². The van der Waals surface area contributed by atoms with E-state index in [1.165, 1.54) is 17.3 Å². The van der Waals surface area contributed by atoms with Crippen molar-refractivity contribution in [2.24, 2.45) is 5.84 Å². The molecule has 0 aliphatic rings. The molecule has 2 aromatic heterocycles. The number of anilines is 1. The van der Waals surface area contributed by atoms with Gasteiger partial charge in [-0.05, 0) is 30.8 Å². The van der Waals surface area contributed by atoms with Crippen molar-refractivity contribution < 1.29 is 0 Å². The lowest BCUT2D eigenvalue weighted by atomic mass is 10.2. The molecule has 0 aliphatic carbocycles. The number of aromatic nitrogens is 5. The number of aryl methyl sites for hydroxylation is 1. The molecule has 0 fully saturated rings. The molecule has 0 atom stereocenters. The minimum absolute atomic E-state index is 0.309. The van der Waals surface area contributed by atoms with Gasteiger partial charge >= 0.3 is 0 Å². The summed E-state index contributed by atoms with van der Waals surface area (Å²) in [5.74, 6) is 6.19. The van der Waals surface area contributed by atoms with Gasteiger partial charge in [0.1, 0.15) is 6.33 Å². The Balaban J connectivity index is 1.94. The number of nitrogens with zero attached hydrogens (tertiary/aromatic N) is 5. The van der Waals surface area contributed by atoms with Gasteiger partial charge in [-0.15, -0.1) is 0 Å². The Hall–Kier alpha value is -2.45. The Morgan fingerprint density at radius 2 is 1.95 bits per heavy atom. The number of rotatable bonds is 4. The van der Waals surface area contributed by atoms with E-state index in [-0.39, 0.29) is 0 Å². The van der Waals surface area contributed by atoms with Gasteiger partial charge in [0, 0.05) is 17.3 Å². The zero-order valence-electron chi connectivity index (χ0n) is 11.3. The Labute approximate surface area is 125 Å². The Morgan fingerprint density at radius 1 is 1.14 bits per heavy atom. The molecule has 3 N–H and O–H groups in total. The lowest BCUT2D eigenvalue weighted by Gasteiger charge is -2.06. The van der Waals surface area contributed by atoms with Crippen molar-refractivity contribution in [2.45, 2.75) is 17.0 Å². The van der Waals surface area contributed by atoms with Crippen LogP contribution < -0.4 is 11.3 Å². The summed E-state index contributed by atoms with van der Waals surface area (Å²) in [6, 6.07) is 8.14. The molecule has 8 heteroatoms. The van der Waals surface area contributed by atoms with E-state index in [2.05, 4.69) is 25.4 Å². The summed E-state index contributed by atoms with van der Waals surface area (Å²) in [6.45, 7) is 2.05. The van der Waals surface area contributed by atoms with Gasteiger partial charge in [-0.1, -0.05) is 17.7 Å². The van der Waals surface area contributed by atoms with Crippen molar-refractivity contribution in [1.29, 1.82) is 0 Å². The first-order valence-corrected chi connectivity index (χ1v) is 7.02. The molecule has 3 rings (SSSR count). The molecule has 21 heavy (non-hydrogen) atoms. The maximum absolute atomic E-state index is 5.42. The van der Waals surface area contributed by atoms with Gasteiger partial charge in [-0.2, -0.15) is 15.0 Å². The van der Waals surface area contributed by atoms with Crippen LogP contribution in [-0.4, -0.2) is 24.5 Å². The van der Waals surface area contributed by atoms with E-state index in [1.807, 2.05) is 31.2 Å². The fraction of sp³-hybridized carbons (Fsp3) is 0.0769. The second-order valence-corrected chi connectivity index (χ2v) is 5.31. The monoisotopic (exact) mass is 299 g/mol. The van der Waals surface area contributed by atoms with Gasteiger partial charge in [0.25, 0.3) is 0 Å². The Bertz CT molecular complexity index is 725. The zero-order chi connectivity index (χ0) is 14.7. The zero-order valence-corrected chi connectivity index (χ0v) is 12.1. The summed E-state index contributed by atoms with van der Waals surface area (Å²) >= 11 is 1.45. The van der Waals surface area contributed by atoms with Crippen molar-refractivity contribution in [3.05, 3.63) is 48.5 Å². The van der Waals surface area contributed by atoms with E-state index < -0.39 is 0 Å². The SMILES string of the molecule is Cc1ccc(Sc2nc(NN)nc(-n3ccnc3)n2)cc1. The largest absolute Gasteiger partial charge is 0.292 e. The molecule has 1 aromatic carbocycles. The van der Waals surface area contributed by atoms with E-state index in [9.17, 15) is 0 Å². The highest BCUT2D eigenvalue weighted by molar-refractivity contribution is 7.99. The van der Waals surface area contributed by atoms with Crippen LogP contribution in [0.1, 0.15) is 5.56 Å². The molecule has 0 saturated heterocycles. The van der Waals surface area contributed by atoms with Gasteiger partial charge in [0.05, 0.1) is 0 Å². The summed E-state index contributed by atoms with van der Waals surface area (Å²) in [7, 11) is 0. The van der Waals surface area contributed by atoms with Crippen LogP contribution in [0.3, 0.4) is 0 Å². The van der Waals surface area contributed by atoms with Crippen LogP contribution in [0.15, 0.2) is 53.0 Å². The van der Waals surface area contributed by atoms with Crippen molar-refractivity contribution in [3.8, 4) is 5.95 Å². The van der Waals surface area contributed by atoms with Crippen LogP contribution >= 0.6 is 11.8 Å². The van der Waals surface area contributed by atoms with Crippen LogP contribution in [-0.2, 0) is 0 Å². The van der Waals surface area contributed by atoms with Gasteiger partial charge in [0.15, 0.2) is 5.16 Å². The molecule has 0 amide bonds. The van der Waals surface area contributed by atoms with Crippen LogP contribution in [0, 0.1) is 6.92 Å². The molecule has 2 heterocycles. The number of nitrogens with one attached hydrogen (secondary N) is 1. The maximum Gasteiger partial charge on any atom is 0.242 e. The third kappa shape index (κ3) is 3.18. The average Bonchev–Trinajstić information content (AvgIpc) is 3.04. The summed E-state index contributed by atoms with van der Waals surface area (Å²) in [5, 5.41) is 0.561. The standard InChI is InChI=1S/C13H13N7S/c1-9-2-4-10(5-3-9)21-13-17-11(19-14)16-12(18-13)20-7-6-15-8-20/h2-8H,14H2,1H3,(H,16,17,18,19). The second-order valence-electron chi connectivity index (χ2n) is 4.27. The molecule has 0 saturated carbocycles. The van der Waals surface area contributed by atoms with Crippen molar-refractivity contribution in [3.63, 3.8) is 0 Å². The first-order chi connectivity index (χ1) is 10.2. The Morgan fingerprint density at radius 3 is 2.62 bits per heavy atom. The van der Waals surface area contributed by atoms with Crippen LogP contribution in [0.4, 0.5) is 5.95 Å². The molecule has 0 unspecified atom stereocenters. The van der Waals surface area contributed by atoms with Crippen LogP contribution in [0.5, 0.6) is 0 Å². The fourth-order valence-electron chi connectivity index (χ4n) is 1.66. The highest BCUT2D eigenvalue weighted by atomic mass is 32.2. The third-order valence-corrected chi connectivity index (χ3v) is 3.57. The van der Waals surface area contributed by atoms with Gasteiger partial charge < -0.3 is 0 Å². The van der Waals surface area contributed by atoms with E-state index in [0.717, 1.165) is 4.90 Å². The summed E-state index contributed by atoms with van der Waals surface area (Å²) in [5.41, 5.74) is 3.66. The van der Waals surface area contributed by atoms with Crippen molar-refractivity contribution in [1.82, 2.24) is 24.5 Å². The number of imidazole rings is 1. The number of hydrogen-bond donors (Lipinski definition) is 2.